The van der Waals surface area contributed by atoms with Crippen molar-refractivity contribution in [2.75, 3.05) is 13.1 Å². The fourth-order valence-electron chi connectivity index (χ4n) is 2.42. The number of rotatable bonds is 3. The minimum Gasteiger partial charge on any atom is -0.293 e. The summed E-state index contributed by atoms with van der Waals surface area (Å²) in [6.07, 6.45) is 0. The van der Waals surface area contributed by atoms with Gasteiger partial charge < -0.3 is 0 Å². The number of benzene rings is 1. The Morgan fingerprint density at radius 1 is 1.12 bits per heavy atom. The molecule has 0 aliphatic carbocycles. The molecular weight excluding hydrogens is 194 g/mol. The number of nitrogens with zero attached hydrogens (tertiary/aromatic N) is 1. The zero-order valence-electron chi connectivity index (χ0n) is 10.9. The van der Waals surface area contributed by atoms with Crippen LogP contribution in [0.4, 0.5) is 0 Å². The summed E-state index contributed by atoms with van der Waals surface area (Å²) in [5, 5.41) is 0. The highest BCUT2D eigenvalue weighted by molar-refractivity contribution is 5.23. The predicted molar refractivity (Wildman–Crippen MR) is 69.4 cm³/mol. The summed E-state index contributed by atoms with van der Waals surface area (Å²) < 4.78 is 0. The van der Waals surface area contributed by atoms with Crippen LogP contribution in [0.3, 0.4) is 0 Å². The third-order valence-corrected chi connectivity index (χ3v) is 4.12. The third-order valence-electron chi connectivity index (χ3n) is 4.12. The van der Waals surface area contributed by atoms with Crippen LogP contribution >= 0.6 is 0 Å². The molecule has 0 spiro atoms. The van der Waals surface area contributed by atoms with E-state index in [2.05, 4.69) is 62.9 Å². The molecule has 0 bridgehead atoms. The van der Waals surface area contributed by atoms with E-state index in [1.807, 2.05) is 0 Å². The van der Waals surface area contributed by atoms with Gasteiger partial charge in [0.25, 0.3) is 0 Å². The highest BCUT2D eigenvalue weighted by atomic mass is 15.2. The van der Waals surface area contributed by atoms with Crippen molar-refractivity contribution in [2.24, 2.45) is 11.8 Å². The zero-order valence-corrected chi connectivity index (χ0v) is 10.9. The van der Waals surface area contributed by atoms with Crippen LogP contribution in [-0.4, -0.2) is 18.0 Å². The smallest absolute Gasteiger partial charge is 0.0404 e. The largest absolute Gasteiger partial charge is 0.293 e. The Bertz CT molecular complexity index is 334. The highest BCUT2D eigenvalue weighted by Gasteiger charge is 2.38. The lowest BCUT2D eigenvalue weighted by Gasteiger charge is -2.51. The van der Waals surface area contributed by atoms with Crippen molar-refractivity contribution in [2.45, 2.75) is 33.2 Å². The van der Waals surface area contributed by atoms with Gasteiger partial charge in [-0.1, -0.05) is 44.2 Å². The molecule has 0 aromatic heterocycles. The summed E-state index contributed by atoms with van der Waals surface area (Å²) in [6.45, 7) is 11.8. The van der Waals surface area contributed by atoms with E-state index in [1.54, 1.807) is 0 Å². The van der Waals surface area contributed by atoms with Gasteiger partial charge in [0, 0.05) is 18.6 Å². The van der Waals surface area contributed by atoms with E-state index < -0.39 is 0 Å². The van der Waals surface area contributed by atoms with Gasteiger partial charge in [-0.05, 0) is 31.2 Å². The topological polar surface area (TPSA) is 3.24 Å². The summed E-state index contributed by atoms with van der Waals surface area (Å²) in [6, 6.07) is 10.8. The first-order valence-corrected chi connectivity index (χ1v) is 6.32. The van der Waals surface area contributed by atoms with Gasteiger partial charge in [0.15, 0.2) is 0 Å². The van der Waals surface area contributed by atoms with E-state index in [0.717, 1.165) is 11.8 Å². The first-order valence-electron chi connectivity index (χ1n) is 6.32. The second-order valence-electron chi connectivity index (χ2n) is 5.83. The van der Waals surface area contributed by atoms with Crippen molar-refractivity contribution in [1.82, 2.24) is 4.90 Å². The number of hydrogen-bond acceptors (Lipinski definition) is 1. The molecule has 1 nitrogen and oxygen atoms in total. The maximum atomic E-state index is 2.59. The quantitative estimate of drug-likeness (QED) is 0.749. The molecule has 1 fully saturated rings. The van der Waals surface area contributed by atoms with Crippen LogP contribution in [0.2, 0.25) is 0 Å². The monoisotopic (exact) mass is 217 g/mol. The van der Waals surface area contributed by atoms with Gasteiger partial charge in [-0.3, -0.25) is 4.90 Å². The van der Waals surface area contributed by atoms with Crippen LogP contribution in [0.5, 0.6) is 0 Å². The van der Waals surface area contributed by atoms with Gasteiger partial charge in [-0.25, -0.2) is 0 Å². The van der Waals surface area contributed by atoms with Gasteiger partial charge >= 0.3 is 0 Å². The van der Waals surface area contributed by atoms with Crippen LogP contribution in [0.1, 0.15) is 33.3 Å². The molecule has 1 saturated heterocycles. The van der Waals surface area contributed by atoms with E-state index in [9.17, 15) is 0 Å². The molecule has 1 aromatic rings. The minimum atomic E-state index is 0.187. The fourth-order valence-corrected chi connectivity index (χ4v) is 2.42. The maximum Gasteiger partial charge on any atom is 0.0404 e. The molecular formula is C15H23N. The van der Waals surface area contributed by atoms with Gasteiger partial charge in [0.2, 0.25) is 0 Å². The second kappa shape index (κ2) is 4.21. The van der Waals surface area contributed by atoms with Gasteiger partial charge in [-0.15, -0.1) is 0 Å². The Labute approximate surface area is 99.5 Å². The van der Waals surface area contributed by atoms with Crippen LogP contribution in [0.15, 0.2) is 30.3 Å². The number of hydrogen-bond donors (Lipinski definition) is 0. The van der Waals surface area contributed by atoms with Crippen molar-refractivity contribution in [3.05, 3.63) is 35.9 Å². The van der Waals surface area contributed by atoms with Crippen molar-refractivity contribution in [3.8, 4) is 0 Å². The lowest BCUT2D eigenvalue weighted by molar-refractivity contribution is -0.0179. The minimum absolute atomic E-state index is 0.187. The molecule has 0 radical (unpaired) electrons. The van der Waals surface area contributed by atoms with Crippen LogP contribution in [0.25, 0.3) is 0 Å². The molecule has 1 heteroatoms. The molecule has 0 amide bonds. The van der Waals surface area contributed by atoms with Gasteiger partial charge in [0.1, 0.15) is 0 Å². The van der Waals surface area contributed by atoms with Crippen molar-refractivity contribution < 1.29 is 0 Å². The van der Waals surface area contributed by atoms with E-state index in [0.29, 0.717) is 0 Å². The highest BCUT2D eigenvalue weighted by Crippen LogP contribution is 2.36. The maximum absolute atomic E-state index is 2.59. The predicted octanol–water partition coefficient (Wildman–Crippen LogP) is 3.51. The Hall–Kier alpha value is -0.820. The van der Waals surface area contributed by atoms with E-state index in [1.165, 1.54) is 18.7 Å². The number of likely N-dealkylation sites (tertiary alicyclic amines) is 1. The van der Waals surface area contributed by atoms with E-state index >= 15 is 0 Å². The summed E-state index contributed by atoms with van der Waals surface area (Å²) in [4.78, 5) is 2.59. The molecule has 0 N–H and O–H groups in total. The zero-order chi connectivity index (χ0) is 11.8. The molecule has 88 valence electrons. The Morgan fingerprint density at radius 2 is 1.69 bits per heavy atom. The third kappa shape index (κ3) is 2.01. The Morgan fingerprint density at radius 3 is 2.19 bits per heavy atom. The fraction of sp³-hybridized carbons (Fsp3) is 0.600. The molecule has 0 saturated carbocycles. The van der Waals surface area contributed by atoms with Crippen molar-refractivity contribution in [1.29, 1.82) is 0 Å². The van der Waals surface area contributed by atoms with E-state index in [4.69, 9.17) is 0 Å². The molecule has 0 unspecified atom stereocenters. The summed E-state index contributed by atoms with van der Waals surface area (Å²) in [5.74, 6) is 1.71. The molecule has 2 rings (SSSR count). The average molecular weight is 217 g/mol. The lowest BCUT2D eigenvalue weighted by atomic mass is 9.81. The molecule has 1 aromatic carbocycles. The molecule has 0 atom stereocenters. The second-order valence-corrected chi connectivity index (χ2v) is 5.83. The molecule has 16 heavy (non-hydrogen) atoms. The SMILES string of the molecule is CC(C)C1CN(C(C)(C)c2ccccc2)C1. The summed E-state index contributed by atoms with van der Waals surface area (Å²) in [7, 11) is 0. The van der Waals surface area contributed by atoms with Crippen LogP contribution in [0, 0.1) is 11.8 Å². The lowest BCUT2D eigenvalue weighted by Crippen LogP contribution is -2.56. The Kier molecular flexibility index (Phi) is 3.07. The van der Waals surface area contributed by atoms with Crippen LogP contribution < -0.4 is 0 Å². The van der Waals surface area contributed by atoms with E-state index in [-0.39, 0.29) is 5.54 Å². The Balaban J connectivity index is 2.05. The normalized spacial score (nSPS) is 18.8. The summed E-state index contributed by atoms with van der Waals surface area (Å²) >= 11 is 0. The summed E-state index contributed by atoms with van der Waals surface area (Å²) in [5.41, 5.74) is 1.62. The molecule has 1 heterocycles. The molecule has 1 aliphatic heterocycles. The standard InChI is InChI=1S/C15H23N/c1-12(2)13-10-16(11-13)15(3,4)14-8-6-5-7-9-14/h5-9,12-13H,10-11H2,1-4H3. The van der Waals surface area contributed by atoms with Crippen molar-refractivity contribution in [3.63, 3.8) is 0 Å². The first-order chi connectivity index (χ1) is 7.51. The van der Waals surface area contributed by atoms with Crippen LogP contribution in [-0.2, 0) is 5.54 Å². The van der Waals surface area contributed by atoms with Crippen molar-refractivity contribution >= 4 is 0 Å². The van der Waals surface area contributed by atoms with Gasteiger partial charge in [-0.2, -0.15) is 0 Å². The first kappa shape index (κ1) is 11.7. The van der Waals surface area contributed by atoms with Gasteiger partial charge in [0.05, 0.1) is 0 Å². The molecule has 1 aliphatic rings. The average Bonchev–Trinajstić information content (AvgIpc) is 2.15.